The van der Waals surface area contributed by atoms with Crippen LogP contribution in [0.5, 0.6) is 0 Å². The number of hydrogen-bond donors (Lipinski definition) is 1. The van der Waals surface area contributed by atoms with Gasteiger partial charge in [-0.3, -0.25) is 0 Å². The van der Waals surface area contributed by atoms with Crippen molar-refractivity contribution in [2.75, 3.05) is 12.3 Å². The van der Waals surface area contributed by atoms with E-state index in [-0.39, 0.29) is 0 Å². The number of nitrogens with one attached hydrogen (secondary N) is 1. The van der Waals surface area contributed by atoms with E-state index in [4.69, 9.17) is 4.42 Å². The van der Waals surface area contributed by atoms with Crippen molar-refractivity contribution in [1.82, 2.24) is 4.72 Å². The molecule has 0 radical (unpaired) electrons. The SMILES string of the molecule is Cc1cc(C)c(C)c(S(=O)(=O)NCCSCc2ccco2)c1C. The maximum absolute atomic E-state index is 12.6. The van der Waals surface area contributed by atoms with Crippen LogP contribution < -0.4 is 4.72 Å². The fraction of sp³-hybridized carbons (Fsp3) is 0.412. The Morgan fingerprint density at radius 3 is 2.35 bits per heavy atom. The van der Waals surface area contributed by atoms with Crippen molar-refractivity contribution in [3.05, 3.63) is 52.5 Å². The summed E-state index contributed by atoms with van der Waals surface area (Å²) in [4.78, 5) is 0.422. The Kier molecular flexibility index (Phi) is 5.95. The number of sulfonamides is 1. The highest BCUT2D eigenvalue weighted by atomic mass is 32.2. The minimum Gasteiger partial charge on any atom is -0.468 e. The second-order valence-electron chi connectivity index (χ2n) is 5.62. The van der Waals surface area contributed by atoms with Crippen LogP contribution in [0.1, 0.15) is 28.0 Å². The first-order valence-corrected chi connectivity index (χ1v) is 10.1. The standard InChI is InChI=1S/C17H23NO3S2/c1-12-10-13(2)15(4)17(14(12)3)23(19,20)18-7-9-22-11-16-6-5-8-21-16/h5-6,8,10,18H,7,9,11H2,1-4H3. The molecule has 0 aliphatic rings. The third-order valence-corrected chi connectivity index (χ3v) is 6.64. The van der Waals surface area contributed by atoms with Crippen molar-refractivity contribution >= 4 is 21.8 Å². The molecule has 0 aliphatic carbocycles. The molecule has 1 N–H and O–H groups in total. The second kappa shape index (κ2) is 7.55. The van der Waals surface area contributed by atoms with E-state index in [9.17, 15) is 8.42 Å². The Labute approximate surface area is 142 Å². The molecule has 0 saturated carbocycles. The van der Waals surface area contributed by atoms with Crippen molar-refractivity contribution < 1.29 is 12.8 Å². The van der Waals surface area contributed by atoms with E-state index >= 15 is 0 Å². The van der Waals surface area contributed by atoms with Gasteiger partial charge in [-0.2, -0.15) is 11.8 Å². The van der Waals surface area contributed by atoms with Crippen LogP contribution in [0.4, 0.5) is 0 Å². The minimum absolute atomic E-state index is 0.402. The van der Waals surface area contributed by atoms with Gasteiger partial charge in [-0.15, -0.1) is 0 Å². The van der Waals surface area contributed by atoms with Gasteiger partial charge in [0.1, 0.15) is 5.76 Å². The third kappa shape index (κ3) is 4.40. The molecule has 0 saturated heterocycles. The predicted octanol–water partition coefficient (Wildman–Crippen LogP) is 3.72. The molecule has 126 valence electrons. The predicted molar refractivity (Wildman–Crippen MR) is 95.4 cm³/mol. The van der Waals surface area contributed by atoms with Crippen molar-refractivity contribution in [1.29, 1.82) is 0 Å². The lowest BCUT2D eigenvalue weighted by Crippen LogP contribution is -2.28. The molecule has 2 rings (SSSR count). The van der Waals surface area contributed by atoms with Gasteiger partial charge < -0.3 is 4.42 Å². The molecule has 0 bridgehead atoms. The van der Waals surface area contributed by atoms with Crippen LogP contribution in [0.3, 0.4) is 0 Å². The lowest BCUT2D eigenvalue weighted by Gasteiger charge is -2.16. The lowest BCUT2D eigenvalue weighted by atomic mass is 10.0. The Bertz CT molecular complexity index is 739. The van der Waals surface area contributed by atoms with Crippen LogP contribution in [-0.2, 0) is 15.8 Å². The zero-order valence-electron chi connectivity index (χ0n) is 14.0. The molecular weight excluding hydrogens is 330 g/mol. The summed E-state index contributed by atoms with van der Waals surface area (Å²) in [5, 5.41) is 0. The average molecular weight is 354 g/mol. The normalized spacial score (nSPS) is 11.8. The van der Waals surface area contributed by atoms with E-state index in [2.05, 4.69) is 4.72 Å². The van der Waals surface area contributed by atoms with Crippen LogP contribution >= 0.6 is 11.8 Å². The maximum atomic E-state index is 12.6. The molecule has 0 unspecified atom stereocenters. The smallest absolute Gasteiger partial charge is 0.241 e. The summed E-state index contributed by atoms with van der Waals surface area (Å²) >= 11 is 1.64. The highest BCUT2D eigenvalue weighted by Gasteiger charge is 2.21. The van der Waals surface area contributed by atoms with Gasteiger partial charge in [-0.25, -0.2) is 13.1 Å². The zero-order chi connectivity index (χ0) is 17.0. The maximum Gasteiger partial charge on any atom is 0.241 e. The van der Waals surface area contributed by atoms with Crippen molar-refractivity contribution in [3.8, 4) is 0 Å². The minimum atomic E-state index is -3.49. The van der Waals surface area contributed by atoms with Crippen molar-refractivity contribution in [2.24, 2.45) is 0 Å². The van der Waals surface area contributed by atoms with E-state index in [1.54, 1.807) is 18.0 Å². The Balaban J connectivity index is 1.99. The summed E-state index contributed by atoms with van der Waals surface area (Å²) in [6.07, 6.45) is 1.64. The Morgan fingerprint density at radius 2 is 1.78 bits per heavy atom. The number of furan rings is 1. The zero-order valence-corrected chi connectivity index (χ0v) is 15.6. The molecule has 0 amide bonds. The van der Waals surface area contributed by atoms with Crippen LogP contribution in [0.25, 0.3) is 0 Å². The molecule has 0 fully saturated rings. The van der Waals surface area contributed by atoms with Crippen LogP contribution in [-0.4, -0.2) is 20.7 Å². The third-order valence-electron chi connectivity index (χ3n) is 3.93. The quantitative estimate of drug-likeness (QED) is 0.771. The first-order chi connectivity index (χ1) is 10.8. The Morgan fingerprint density at radius 1 is 1.13 bits per heavy atom. The van der Waals surface area contributed by atoms with E-state index in [1.165, 1.54) is 0 Å². The second-order valence-corrected chi connectivity index (χ2v) is 8.43. The summed E-state index contributed by atoms with van der Waals surface area (Å²) in [6, 6.07) is 5.80. The van der Waals surface area contributed by atoms with Gasteiger partial charge in [0.05, 0.1) is 16.9 Å². The number of thioether (sulfide) groups is 1. The topological polar surface area (TPSA) is 59.3 Å². The highest BCUT2D eigenvalue weighted by Crippen LogP contribution is 2.25. The summed E-state index contributed by atoms with van der Waals surface area (Å²) < 4.78 is 33.2. The fourth-order valence-electron chi connectivity index (χ4n) is 2.47. The monoisotopic (exact) mass is 353 g/mol. The number of rotatable bonds is 7. The van der Waals surface area contributed by atoms with Crippen molar-refractivity contribution in [3.63, 3.8) is 0 Å². The summed E-state index contributed by atoms with van der Waals surface area (Å²) in [6.45, 7) is 8.02. The van der Waals surface area contributed by atoms with Gasteiger partial charge in [-0.1, -0.05) is 6.07 Å². The number of benzene rings is 1. The summed E-state index contributed by atoms with van der Waals surface area (Å²) in [7, 11) is -3.49. The first-order valence-electron chi connectivity index (χ1n) is 7.50. The summed E-state index contributed by atoms with van der Waals surface area (Å²) in [5.74, 6) is 2.35. The van der Waals surface area contributed by atoms with E-state index < -0.39 is 10.0 Å². The van der Waals surface area contributed by atoms with Gasteiger partial charge in [0.25, 0.3) is 0 Å². The van der Waals surface area contributed by atoms with E-state index in [0.717, 1.165) is 33.8 Å². The number of aryl methyl sites for hydroxylation is 2. The Hall–Kier alpha value is -1.24. The average Bonchev–Trinajstić information content (AvgIpc) is 2.98. The van der Waals surface area contributed by atoms with Gasteiger partial charge >= 0.3 is 0 Å². The molecular formula is C17H23NO3S2. The number of hydrogen-bond acceptors (Lipinski definition) is 4. The molecule has 1 aromatic carbocycles. The van der Waals surface area contributed by atoms with E-state index in [1.807, 2.05) is 45.9 Å². The van der Waals surface area contributed by atoms with E-state index in [0.29, 0.717) is 17.2 Å². The van der Waals surface area contributed by atoms with Gasteiger partial charge in [-0.05, 0) is 62.1 Å². The molecule has 0 aliphatic heterocycles. The fourth-order valence-corrected chi connectivity index (χ4v) is 5.00. The van der Waals surface area contributed by atoms with Crippen LogP contribution in [0.2, 0.25) is 0 Å². The highest BCUT2D eigenvalue weighted by molar-refractivity contribution is 7.98. The summed E-state index contributed by atoms with van der Waals surface area (Å²) in [5.41, 5.74) is 3.65. The first kappa shape index (κ1) is 18.1. The van der Waals surface area contributed by atoms with Gasteiger partial charge in [0.15, 0.2) is 0 Å². The van der Waals surface area contributed by atoms with Crippen LogP contribution in [0.15, 0.2) is 33.8 Å². The molecule has 4 nitrogen and oxygen atoms in total. The molecule has 1 aromatic heterocycles. The lowest BCUT2D eigenvalue weighted by molar-refractivity contribution is 0.530. The molecule has 2 aromatic rings. The van der Waals surface area contributed by atoms with Crippen molar-refractivity contribution in [2.45, 2.75) is 38.3 Å². The van der Waals surface area contributed by atoms with Crippen LogP contribution in [0, 0.1) is 27.7 Å². The molecule has 6 heteroatoms. The molecule has 0 atom stereocenters. The molecule has 1 heterocycles. The van der Waals surface area contributed by atoms with Gasteiger partial charge in [0.2, 0.25) is 10.0 Å². The molecule has 0 spiro atoms. The largest absolute Gasteiger partial charge is 0.468 e. The molecule has 23 heavy (non-hydrogen) atoms. The van der Waals surface area contributed by atoms with Gasteiger partial charge in [0, 0.05) is 12.3 Å².